The van der Waals surface area contributed by atoms with Crippen LogP contribution in [0, 0.1) is 6.92 Å². The molecule has 0 fully saturated rings. The molecule has 0 saturated carbocycles. The lowest BCUT2D eigenvalue weighted by Gasteiger charge is -2.04. The van der Waals surface area contributed by atoms with E-state index in [0.29, 0.717) is 10.8 Å². The highest BCUT2D eigenvalue weighted by Crippen LogP contribution is 2.15. The van der Waals surface area contributed by atoms with Crippen LogP contribution >= 0.6 is 11.6 Å². The third kappa shape index (κ3) is 4.26. The van der Waals surface area contributed by atoms with Gasteiger partial charge in [-0.05, 0) is 36.8 Å². The fourth-order valence-electron chi connectivity index (χ4n) is 1.43. The molecule has 0 aliphatic rings. The van der Waals surface area contributed by atoms with Crippen molar-refractivity contribution in [1.82, 2.24) is 0 Å². The lowest BCUT2D eigenvalue weighted by molar-refractivity contribution is -0.642. The predicted octanol–water partition coefficient (Wildman–Crippen LogP) is 2.09. The van der Waals surface area contributed by atoms with Crippen molar-refractivity contribution < 1.29 is 14.2 Å². The summed E-state index contributed by atoms with van der Waals surface area (Å²) in [6.07, 6.45) is 3.55. The Hall–Kier alpha value is -2.07. The number of aromatic nitrogens is 1. The molecule has 5 heteroatoms. The van der Waals surface area contributed by atoms with Crippen LogP contribution in [0.2, 0.25) is 5.02 Å². The van der Waals surface area contributed by atoms with Gasteiger partial charge in [-0.2, -0.15) is 0 Å². The molecule has 4 nitrogen and oxygen atoms in total. The van der Waals surface area contributed by atoms with E-state index >= 15 is 0 Å². The first-order valence-electron chi connectivity index (χ1n) is 5.79. The summed E-state index contributed by atoms with van der Waals surface area (Å²) in [5, 5.41) is 0.631. The molecule has 19 heavy (non-hydrogen) atoms. The van der Waals surface area contributed by atoms with Gasteiger partial charge in [0.25, 0.3) is 0 Å². The maximum Gasteiger partial charge on any atom is 0.312 e. The Morgan fingerprint density at radius 3 is 2.47 bits per heavy atom. The van der Waals surface area contributed by atoms with Gasteiger partial charge >= 0.3 is 5.91 Å². The van der Waals surface area contributed by atoms with Crippen molar-refractivity contribution in [3.8, 4) is 5.75 Å². The van der Waals surface area contributed by atoms with E-state index in [1.807, 2.05) is 19.1 Å². The number of hydrogen-bond donors (Lipinski definition) is 1. The number of aryl methyl sites for hydroxylation is 1. The maximum absolute atomic E-state index is 11.7. The SMILES string of the molecule is Cc1cc[n+](NC(=O)COc2ccc(Cl)cc2)cc1. The predicted molar refractivity (Wildman–Crippen MR) is 72.7 cm³/mol. The van der Waals surface area contributed by atoms with E-state index < -0.39 is 0 Å². The van der Waals surface area contributed by atoms with E-state index in [1.165, 1.54) is 0 Å². The number of benzene rings is 1. The van der Waals surface area contributed by atoms with Crippen LogP contribution < -0.4 is 14.8 Å². The van der Waals surface area contributed by atoms with Gasteiger partial charge in [-0.15, -0.1) is 5.43 Å². The largest absolute Gasteiger partial charge is 0.484 e. The van der Waals surface area contributed by atoms with Gasteiger partial charge in [0.2, 0.25) is 0 Å². The van der Waals surface area contributed by atoms with Gasteiger partial charge in [0.15, 0.2) is 19.0 Å². The molecule has 0 aliphatic carbocycles. The zero-order chi connectivity index (χ0) is 13.7. The second-order valence-corrected chi connectivity index (χ2v) is 4.50. The number of carbonyl (C=O) groups is 1. The molecule has 1 N–H and O–H groups in total. The molecule has 0 unspecified atom stereocenters. The van der Waals surface area contributed by atoms with Crippen LogP contribution in [0.5, 0.6) is 5.75 Å². The van der Waals surface area contributed by atoms with Gasteiger partial charge in [0, 0.05) is 17.2 Å². The molecule has 0 aliphatic heterocycles. The van der Waals surface area contributed by atoms with Crippen molar-refractivity contribution in [2.24, 2.45) is 0 Å². The fraction of sp³-hybridized carbons (Fsp3) is 0.143. The summed E-state index contributed by atoms with van der Waals surface area (Å²) in [5.41, 5.74) is 3.81. The van der Waals surface area contributed by atoms with E-state index in [2.05, 4.69) is 5.43 Å². The van der Waals surface area contributed by atoms with Crippen molar-refractivity contribution in [2.75, 3.05) is 12.0 Å². The summed E-state index contributed by atoms with van der Waals surface area (Å²) >= 11 is 5.76. The molecule has 0 spiro atoms. The van der Waals surface area contributed by atoms with Crippen molar-refractivity contribution >= 4 is 17.5 Å². The Kier molecular flexibility index (Phi) is 4.36. The molecule has 0 saturated heterocycles. The molecule has 1 aromatic carbocycles. The smallest absolute Gasteiger partial charge is 0.312 e. The summed E-state index contributed by atoms with van der Waals surface area (Å²) in [6, 6.07) is 10.7. The van der Waals surface area contributed by atoms with E-state index in [4.69, 9.17) is 16.3 Å². The minimum atomic E-state index is -0.233. The Bertz CT molecular complexity index is 553. The second kappa shape index (κ2) is 6.20. The quantitative estimate of drug-likeness (QED) is 0.870. The van der Waals surface area contributed by atoms with Gasteiger partial charge in [-0.25, -0.2) is 0 Å². The zero-order valence-corrected chi connectivity index (χ0v) is 11.2. The van der Waals surface area contributed by atoms with Crippen LogP contribution in [0.4, 0.5) is 0 Å². The first-order chi connectivity index (χ1) is 9.13. The molecule has 0 radical (unpaired) electrons. The Morgan fingerprint density at radius 2 is 1.84 bits per heavy atom. The standard InChI is InChI=1S/C14H13ClN2O2/c1-11-6-8-17(9-7-11)16-14(18)10-19-13-4-2-12(15)3-5-13/h2-9H,10H2,1H3/p+1. The molecule has 2 aromatic rings. The third-order valence-electron chi connectivity index (χ3n) is 2.43. The van der Waals surface area contributed by atoms with Crippen molar-refractivity contribution in [3.63, 3.8) is 0 Å². The molecule has 1 amide bonds. The van der Waals surface area contributed by atoms with Crippen LogP contribution in [0.25, 0.3) is 0 Å². The molecule has 1 aromatic heterocycles. The molecular formula is C14H14ClN2O2+. The van der Waals surface area contributed by atoms with Crippen molar-refractivity contribution in [2.45, 2.75) is 6.92 Å². The van der Waals surface area contributed by atoms with Gasteiger partial charge < -0.3 is 4.74 Å². The number of rotatable bonds is 4. The van der Waals surface area contributed by atoms with Crippen molar-refractivity contribution in [1.29, 1.82) is 0 Å². The van der Waals surface area contributed by atoms with Crippen molar-refractivity contribution in [3.05, 3.63) is 59.4 Å². The summed E-state index contributed by atoms with van der Waals surface area (Å²) in [4.78, 5) is 11.7. The highest BCUT2D eigenvalue weighted by molar-refractivity contribution is 6.30. The second-order valence-electron chi connectivity index (χ2n) is 4.06. The van der Waals surface area contributed by atoms with E-state index in [1.54, 1.807) is 41.3 Å². The highest BCUT2D eigenvalue weighted by atomic mass is 35.5. The monoisotopic (exact) mass is 277 g/mol. The Labute approximate surface area is 116 Å². The maximum atomic E-state index is 11.7. The minimum absolute atomic E-state index is 0.0531. The first kappa shape index (κ1) is 13.4. The number of halogens is 1. The summed E-state index contributed by atoms with van der Waals surface area (Å²) in [5.74, 6) is 0.372. The van der Waals surface area contributed by atoms with E-state index in [9.17, 15) is 4.79 Å². The number of carbonyl (C=O) groups excluding carboxylic acids is 1. The topological polar surface area (TPSA) is 42.2 Å². The van der Waals surface area contributed by atoms with Crippen LogP contribution in [0.1, 0.15) is 5.56 Å². The normalized spacial score (nSPS) is 10.0. The van der Waals surface area contributed by atoms with E-state index in [0.717, 1.165) is 5.56 Å². The number of hydrogen-bond acceptors (Lipinski definition) is 2. The van der Waals surface area contributed by atoms with E-state index in [-0.39, 0.29) is 12.5 Å². The summed E-state index contributed by atoms with van der Waals surface area (Å²) < 4.78 is 6.92. The number of nitrogens with one attached hydrogen (secondary N) is 1. The molecule has 0 bridgehead atoms. The zero-order valence-electron chi connectivity index (χ0n) is 10.5. The summed E-state index contributed by atoms with van der Waals surface area (Å²) in [7, 11) is 0. The minimum Gasteiger partial charge on any atom is -0.484 e. The number of nitrogens with zero attached hydrogens (tertiary/aromatic N) is 1. The lowest BCUT2D eigenvalue weighted by atomic mass is 10.3. The third-order valence-corrected chi connectivity index (χ3v) is 2.69. The van der Waals surface area contributed by atoms with Gasteiger partial charge in [0.1, 0.15) is 5.75 Å². The van der Waals surface area contributed by atoms with Gasteiger partial charge in [-0.1, -0.05) is 16.3 Å². The summed E-state index contributed by atoms with van der Waals surface area (Å²) in [6.45, 7) is 1.93. The van der Waals surface area contributed by atoms with Crippen LogP contribution in [-0.4, -0.2) is 12.5 Å². The highest BCUT2D eigenvalue weighted by Gasteiger charge is 2.08. The van der Waals surface area contributed by atoms with Gasteiger partial charge in [0.05, 0.1) is 0 Å². The molecule has 2 rings (SSSR count). The molecular weight excluding hydrogens is 264 g/mol. The van der Waals surface area contributed by atoms with Crippen LogP contribution in [0.15, 0.2) is 48.8 Å². The first-order valence-corrected chi connectivity index (χ1v) is 6.17. The lowest BCUT2D eigenvalue weighted by Crippen LogP contribution is -2.49. The average molecular weight is 278 g/mol. The average Bonchev–Trinajstić information content (AvgIpc) is 2.41. The van der Waals surface area contributed by atoms with Gasteiger partial charge in [-0.3, -0.25) is 4.79 Å². The molecule has 98 valence electrons. The molecule has 0 atom stereocenters. The number of pyridine rings is 1. The number of ether oxygens (including phenoxy) is 1. The Balaban J connectivity index is 1.84. The van der Waals surface area contributed by atoms with Crippen LogP contribution in [0.3, 0.4) is 0 Å². The van der Waals surface area contributed by atoms with Crippen LogP contribution in [-0.2, 0) is 4.79 Å². The number of amides is 1. The molecule has 1 heterocycles. The Morgan fingerprint density at radius 1 is 1.21 bits per heavy atom. The fourth-order valence-corrected chi connectivity index (χ4v) is 1.56.